The molecule has 0 saturated carbocycles. The van der Waals surface area contributed by atoms with Crippen LogP contribution in [0.25, 0.3) is 11.1 Å². The van der Waals surface area contributed by atoms with E-state index in [1.54, 1.807) is 18.2 Å². The third kappa shape index (κ3) is 3.69. The van der Waals surface area contributed by atoms with Crippen molar-refractivity contribution in [2.45, 2.75) is 13.5 Å². The fourth-order valence-corrected chi connectivity index (χ4v) is 3.44. The minimum atomic E-state index is 0.354. The van der Waals surface area contributed by atoms with Crippen molar-refractivity contribution in [1.82, 2.24) is 0 Å². The molecule has 5 heteroatoms. The van der Waals surface area contributed by atoms with Gasteiger partial charge in [-0.05, 0) is 59.5 Å². The number of hydrogen-bond donors (Lipinski definition) is 0. The monoisotopic (exact) mass is 394 g/mol. The molecule has 1 aliphatic heterocycles. The molecule has 0 fully saturated rings. The van der Waals surface area contributed by atoms with Crippen LogP contribution < -0.4 is 14.2 Å². The maximum atomic E-state index is 11.3. The van der Waals surface area contributed by atoms with Gasteiger partial charge in [0.1, 0.15) is 25.6 Å². The Bertz CT molecular complexity index is 1030. The van der Waals surface area contributed by atoms with Crippen LogP contribution in [-0.2, 0) is 6.61 Å². The van der Waals surface area contributed by atoms with Crippen LogP contribution in [0.4, 0.5) is 0 Å². The Morgan fingerprint density at radius 1 is 1.04 bits per heavy atom. The summed E-state index contributed by atoms with van der Waals surface area (Å²) in [4.78, 5) is 11.3. The van der Waals surface area contributed by atoms with Crippen molar-refractivity contribution in [1.29, 1.82) is 0 Å². The van der Waals surface area contributed by atoms with Gasteiger partial charge < -0.3 is 14.2 Å². The molecule has 0 amide bonds. The van der Waals surface area contributed by atoms with Gasteiger partial charge in [0.25, 0.3) is 0 Å². The SMILES string of the molecule is Cc1c(COc2ccc(Cl)cc2C=O)cccc1-c1ccc2c(c1)OCCO2. The van der Waals surface area contributed by atoms with Crippen molar-refractivity contribution in [2.24, 2.45) is 0 Å². The molecule has 0 aliphatic carbocycles. The minimum absolute atomic E-state index is 0.354. The van der Waals surface area contributed by atoms with Crippen LogP contribution in [0.3, 0.4) is 0 Å². The largest absolute Gasteiger partial charge is 0.488 e. The van der Waals surface area contributed by atoms with Crippen LogP contribution in [0.5, 0.6) is 17.2 Å². The van der Waals surface area contributed by atoms with Gasteiger partial charge in [-0.3, -0.25) is 4.79 Å². The summed E-state index contributed by atoms with van der Waals surface area (Å²) in [6.45, 7) is 3.55. The zero-order chi connectivity index (χ0) is 19.5. The molecular weight excluding hydrogens is 376 g/mol. The third-order valence-corrected chi connectivity index (χ3v) is 5.02. The quantitative estimate of drug-likeness (QED) is 0.537. The lowest BCUT2D eigenvalue weighted by Gasteiger charge is -2.20. The summed E-state index contributed by atoms with van der Waals surface area (Å²) in [5.41, 5.74) is 4.75. The van der Waals surface area contributed by atoms with Crippen LogP contribution >= 0.6 is 11.6 Å². The maximum Gasteiger partial charge on any atom is 0.161 e. The summed E-state index contributed by atoms with van der Waals surface area (Å²) >= 11 is 5.94. The summed E-state index contributed by atoms with van der Waals surface area (Å²) in [5, 5.41) is 0.506. The second-order valence-electron chi connectivity index (χ2n) is 6.54. The van der Waals surface area contributed by atoms with E-state index in [4.69, 9.17) is 25.8 Å². The molecule has 0 atom stereocenters. The van der Waals surface area contributed by atoms with Crippen LogP contribution in [-0.4, -0.2) is 19.5 Å². The highest BCUT2D eigenvalue weighted by Gasteiger charge is 2.14. The highest BCUT2D eigenvalue weighted by molar-refractivity contribution is 6.30. The number of fused-ring (bicyclic) bond motifs is 1. The molecule has 0 bridgehead atoms. The molecule has 3 aromatic rings. The zero-order valence-corrected chi connectivity index (χ0v) is 16.2. The van der Waals surface area contributed by atoms with Crippen LogP contribution in [0.2, 0.25) is 5.02 Å². The summed E-state index contributed by atoms with van der Waals surface area (Å²) in [6.07, 6.45) is 0.750. The number of halogens is 1. The third-order valence-electron chi connectivity index (χ3n) is 4.78. The predicted molar refractivity (Wildman–Crippen MR) is 109 cm³/mol. The van der Waals surface area contributed by atoms with Gasteiger partial charge >= 0.3 is 0 Å². The standard InChI is InChI=1S/C23H19ClO4/c1-15-17(14-28-21-8-6-19(24)11-18(21)13-25)3-2-4-20(15)16-5-7-22-23(12-16)27-10-9-26-22/h2-8,11-13H,9-10,14H2,1H3. The first-order valence-electron chi connectivity index (χ1n) is 9.02. The molecule has 0 radical (unpaired) electrons. The number of aldehydes is 1. The lowest BCUT2D eigenvalue weighted by atomic mass is 9.96. The van der Waals surface area contributed by atoms with Gasteiger partial charge in [0, 0.05) is 5.02 Å². The minimum Gasteiger partial charge on any atom is -0.488 e. The molecular formula is C23H19ClO4. The van der Waals surface area contributed by atoms with E-state index in [2.05, 4.69) is 13.0 Å². The fraction of sp³-hybridized carbons (Fsp3) is 0.174. The Balaban J connectivity index is 1.60. The average Bonchev–Trinajstić information content (AvgIpc) is 2.73. The van der Waals surface area contributed by atoms with Crippen molar-refractivity contribution in [3.63, 3.8) is 0 Å². The van der Waals surface area contributed by atoms with E-state index in [9.17, 15) is 4.79 Å². The van der Waals surface area contributed by atoms with Gasteiger partial charge in [-0.1, -0.05) is 35.9 Å². The number of carbonyl (C=O) groups excluding carboxylic acids is 1. The van der Waals surface area contributed by atoms with Crippen molar-refractivity contribution in [2.75, 3.05) is 13.2 Å². The first kappa shape index (κ1) is 18.4. The lowest BCUT2D eigenvalue weighted by Crippen LogP contribution is -2.15. The Labute approximate surface area is 168 Å². The topological polar surface area (TPSA) is 44.8 Å². The molecule has 4 rings (SSSR count). The Hall–Kier alpha value is -2.98. The van der Waals surface area contributed by atoms with E-state index in [0.717, 1.165) is 40.0 Å². The molecule has 0 aromatic heterocycles. The lowest BCUT2D eigenvalue weighted by molar-refractivity contribution is 0.111. The second kappa shape index (κ2) is 7.95. The summed E-state index contributed by atoms with van der Waals surface area (Å²) < 4.78 is 17.2. The molecule has 4 nitrogen and oxygen atoms in total. The van der Waals surface area contributed by atoms with Crippen molar-refractivity contribution < 1.29 is 19.0 Å². The number of hydrogen-bond acceptors (Lipinski definition) is 4. The number of carbonyl (C=O) groups is 1. The van der Waals surface area contributed by atoms with Gasteiger partial charge in [-0.2, -0.15) is 0 Å². The highest BCUT2D eigenvalue weighted by atomic mass is 35.5. The average molecular weight is 395 g/mol. The Kier molecular flexibility index (Phi) is 5.22. The highest BCUT2D eigenvalue weighted by Crippen LogP contribution is 2.36. The first-order valence-corrected chi connectivity index (χ1v) is 9.39. The molecule has 0 unspecified atom stereocenters. The van der Waals surface area contributed by atoms with E-state index in [0.29, 0.717) is 36.2 Å². The maximum absolute atomic E-state index is 11.3. The summed E-state index contributed by atoms with van der Waals surface area (Å²) in [5.74, 6) is 2.06. The van der Waals surface area contributed by atoms with Gasteiger partial charge in [0.2, 0.25) is 0 Å². The van der Waals surface area contributed by atoms with Crippen LogP contribution in [0.15, 0.2) is 54.6 Å². The number of ether oxygens (including phenoxy) is 3. The van der Waals surface area contributed by atoms with Crippen LogP contribution in [0.1, 0.15) is 21.5 Å². The van der Waals surface area contributed by atoms with Gasteiger partial charge in [-0.25, -0.2) is 0 Å². The summed E-state index contributed by atoms with van der Waals surface area (Å²) in [6, 6.07) is 17.1. The van der Waals surface area contributed by atoms with Gasteiger partial charge in [0.05, 0.1) is 5.56 Å². The molecule has 0 N–H and O–H groups in total. The van der Waals surface area contributed by atoms with E-state index in [1.165, 1.54) is 0 Å². The Morgan fingerprint density at radius 2 is 1.86 bits per heavy atom. The summed E-state index contributed by atoms with van der Waals surface area (Å²) in [7, 11) is 0. The van der Waals surface area contributed by atoms with Crippen molar-refractivity contribution in [3.8, 4) is 28.4 Å². The molecule has 0 saturated heterocycles. The normalized spacial score (nSPS) is 12.5. The smallest absolute Gasteiger partial charge is 0.161 e. The van der Waals surface area contributed by atoms with Gasteiger partial charge in [0.15, 0.2) is 17.8 Å². The molecule has 0 spiro atoms. The molecule has 1 aliphatic rings. The van der Waals surface area contributed by atoms with E-state index >= 15 is 0 Å². The van der Waals surface area contributed by atoms with Crippen LogP contribution in [0, 0.1) is 6.92 Å². The number of benzene rings is 3. The zero-order valence-electron chi connectivity index (χ0n) is 15.4. The van der Waals surface area contributed by atoms with Gasteiger partial charge in [-0.15, -0.1) is 0 Å². The predicted octanol–water partition coefficient (Wildman–Crippen LogP) is 5.48. The molecule has 3 aromatic carbocycles. The van der Waals surface area contributed by atoms with E-state index in [-0.39, 0.29) is 0 Å². The number of rotatable bonds is 5. The molecule has 142 valence electrons. The molecule has 28 heavy (non-hydrogen) atoms. The van der Waals surface area contributed by atoms with Crippen molar-refractivity contribution in [3.05, 3.63) is 76.3 Å². The Morgan fingerprint density at radius 3 is 2.68 bits per heavy atom. The van der Waals surface area contributed by atoms with Crippen molar-refractivity contribution >= 4 is 17.9 Å². The first-order chi connectivity index (χ1) is 13.7. The molecule has 1 heterocycles. The fourth-order valence-electron chi connectivity index (χ4n) is 3.26. The van der Waals surface area contributed by atoms with E-state index in [1.807, 2.05) is 30.3 Å². The van der Waals surface area contributed by atoms with E-state index < -0.39 is 0 Å². The second-order valence-corrected chi connectivity index (χ2v) is 6.97.